The predicted octanol–water partition coefficient (Wildman–Crippen LogP) is 1.28. The van der Waals surface area contributed by atoms with Gasteiger partial charge in [0, 0.05) is 13.1 Å². The molecule has 86 valence electrons. The molecule has 1 heterocycles. The Hall–Kier alpha value is -1.35. The summed E-state index contributed by atoms with van der Waals surface area (Å²) in [6, 6.07) is 6.40. The number of benzene rings is 1. The molecule has 1 amide bonds. The van der Waals surface area contributed by atoms with Gasteiger partial charge in [0.25, 0.3) is 0 Å². The van der Waals surface area contributed by atoms with Crippen LogP contribution >= 0.6 is 0 Å². The van der Waals surface area contributed by atoms with Gasteiger partial charge < -0.3 is 10.6 Å². The fraction of sp³-hybridized carbons (Fsp3) is 0.462. The van der Waals surface area contributed by atoms with Crippen molar-refractivity contribution in [2.75, 3.05) is 6.54 Å². The number of hydrogen-bond donors (Lipinski definition) is 2. The molecule has 0 aromatic heterocycles. The van der Waals surface area contributed by atoms with Crippen molar-refractivity contribution in [2.24, 2.45) is 0 Å². The highest BCUT2D eigenvalue weighted by molar-refractivity contribution is 5.83. The molecule has 1 aromatic carbocycles. The number of carbonyl (C=O) groups excluding carboxylic acids is 1. The van der Waals surface area contributed by atoms with E-state index in [1.807, 2.05) is 0 Å². The van der Waals surface area contributed by atoms with Gasteiger partial charge in [-0.2, -0.15) is 0 Å². The molecule has 2 rings (SSSR count). The first-order valence-corrected chi connectivity index (χ1v) is 5.74. The van der Waals surface area contributed by atoms with Crippen LogP contribution in [-0.4, -0.2) is 18.5 Å². The summed E-state index contributed by atoms with van der Waals surface area (Å²) < 4.78 is 0. The molecule has 1 atom stereocenters. The van der Waals surface area contributed by atoms with Gasteiger partial charge in [0.05, 0.1) is 6.04 Å². The fourth-order valence-corrected chi connectivity index (χ4v) is 1.94. The normalized spacial score (nSPS) is 19.9. The molecule has 16 heavy (non-hydrogen) atoms. The van der Waals surface area contributed by atoms with E-state index < -0.39 is 0 Å². The molecule has 0 radical (unpaired) electrons. The average Bonchev–Trinajstić information content (AvgIpc) is 2.66. The monoisotopic (exact) mass is 218 g/mol. The van der Waals surface area contributed by atoms with Crippen molar-refractivity contribution in [1.29, 1.82) is 0 Å². The van der Waals surface area contributed by atoms with Crippen LogP contribution in [0.5, 0.6) is 0 Å². The van der Waals surface area contributed by atoms with E-state index in [1.165, 1.54) is 16.7 Å². The Morgan fingerprint density at radius 1 is 1.38 bits per heavy atom. The van der Waals surface area contributed by atoms with Gasteiger partial charge in [-0.3, -0.25) is 4.79 Å². The van der Waals surface area contributed by atoms with Crippen LogP contribution in [0.1, 0.15) is 23.1 Å². The lowest BCUT2D eigenvalue weighted by atomic mass is 10.1. The van der Waals surface area contributed by atoms with Crippen LogP contribution in [0, 0.1) is 13.8 Å². The molecule has 0 spiro atoms. The maximum absolute atomic E-state index is 11.3. The third-order valence-corrected chi connectivity index (χ3v) is 3.17. The zero-order chi connectivity index (χ0) is 11.5. The smallest absolute Gasteiger partial charge is 0.237 e. The minimum absolute atomic E-state index is 0.0124. The molecule has 1 aliphatic rings. The minimum atomic E-state index is -0.0124. The zero-order valence-electron chi connectivity index (χ0n) is 9.84. The third kappa shape index (κ3) is 2.42. The van der Waals surface area contributed by atoms with E-state index in [4.69, 9.17) is 0 Å². The van der Waals surface area contributed by atoms with E-state index in [1.54, 1.807) is 0 Å². The van der Waals surface area contributed by atoms with Crippen molar-refractivity contribution in [3.63, 3.8) is 0 Å². The van der Waals surface area contributed by atoms with E-state index in [0.29, 0.717) is 0 Å². The molecule has 1 saturated heterocycles. The third-order valence-electron chi connectivity index (χ3n) is 3.17. The van der Waals surface area contributed by atoms with E-state index in [2.05, 4.69) is 42.7 Å². The highest BCUT2D eigenvalue weighted by Gasteiger charge is 2.22. The van der Waals surface area contributed by atoms with Crippen LogP contribution in [0.15, 0.2) is 18.2 Å². The molecular weight excluding hydrogens is 200 g/mol. The molecule has 3 nitrogen and oxygen atoms in total. The van der Waals surface area contributed by atoms with Crippen molar-refractivity contribution in [3.8, 4) is 0 Å². The summed E-state index contributed by atoms with van der Waals surface area (Å²) in [5.74, 6) is 0.129. The molecule has 0 bridgehead atoms. The van der Waals surface area contributed by atoms with Crippen LogP contribution in [0.2, 0.25) is 0 Å². The van der Waals surface area contributed by atoms with Gasteiger partial charge in [-0.1, -0.05) is 18.2 Å². The average molecular weight is 218 g/mol. The Balaban J connectivity index is 1.94. The lowest BCUT2D eigenvalue weighted by Crippen LogP contribution is -2.35. The molecular formula is C13H18N2O. The second kappa shape index (κ2) is 4.66. The van der Waals surface area contributed by atoms with E-state index in [0.717, 1.165) is 19.5 Å². The molecule has 0 saturated carbocycles. The van der Waals surface area contributed by atoms with Gasteiger partial charge in [0.15, 0.2) is 0 Å². The van der Waals surface area contributed by atoms with Crippen molar-refractivity contribution in [1.82, 2.24) is 10.6 Å². The van der Waals surface area contributed by atoms with Crippen LogP contribution in [-0.2, 0) is 11.3 Å². The van der Waals surface area contributed by atoms with Crippen LogP contribution < -0.4 is 10.6 Å². The van der Waals surface area contributed by atoms with E-state index >= 15 is 0 Å². The first-order chi connectivity index (χ1) is 7.66. The highest BCUT2D eigenvalue weighted by atomic mass is 16.2. The highest BCUT2D eigenvalue weighted by Crippen LogP contribution is 2.10. The summed E-state index contributed by atoms with van der Waals surface area (Å²) in [7, 11) is 0. The van der Waals surface area contributed by atoms with Crippen LogP contribution in [0.4, 0.5) is 0 Å². The van der Waals surface area contributed by atoms with Crippen molar-refractivity contribution in [2.45, 2.75) is 32.9 Å². The number of carbonyl (C=O) groups is 1. The Labute approximate surface area is 96.2 Å². The Bertz CT molecular complexity index is 401. The number of nitrogens with one attached hydrogen (secondary N) is 2. The number of amides is 1. The SMILES string of the molecule is Cc1ccc(CNC2CCNC2=O)cc1C. The van der Waals surface area contributed by atoms with Gasteiger partial charge in [-0.15, -0.1) is 0 Å². The van der Waals surface area contributed by atoms with Gasteiger partial charge in [-0.05, 0) is 37.0 Å². The van der Waals surface area contributed by atoms with Crippen LogP contribution in [0.25, 0.3) is 0 Å². The van der Waals surface area contributed by atoms with E-state index in [9.17, 15) is 4.79 Å². The maximum atomic E-state index is 11.3. The van der Waals surface area contributed by atoms with Gasteiger partial charge in [0.2, 0.25) is 5.91 Å². The molecule has 0 aliphatic carbocycles. The summed E-state index contributed by atoms with van der Waals surface area (Å²) in [4.78, 5) is 11.3. The number of aryl methyl sites for hydroxylation is 2. The van der Waals surface area contributed by atoms with Crippen molar-refractivity contribution < 1.29 is 4.79 Å². The zero-order valence-corrected chi connectivity index (χ0v) is 9.84. The number of hydrogen-bond acceptors (Lipinski definition) is 2. The van der Waals surface area contributed by atoms with Gasteiger partial charge >= 0.3 is 0 Å². The van der Waals surface area contributed by atoms with Crippen LogP contribution in [0.3, 0.4) is 0 Å². The molecule has 3 heteroatoms. The van der Waals surface area contributed by atoms with E-state index in [-0.39, 0.29) is 11.9 Å². The first kappa shape index (κ1) is 11.1. The van der Waals surface area contributed by atoms with Gasteiger partial charge in [-0.25, -0.2) is 0 Å². The second-order valence-corrected chi connectivity index (χ2v) is 4.43. The predicted molar refractivity (Wildman–Crippen MR) is 64.2 cm³/mol. The second-order valence-electron chi connectivity index (χ2n) is 4.43. The lowest BCUT2D eigenvalue weighted by Gasteiger charge is -2.10. The van der Waals surface area contributed by atoms with Crippen molar-refractivity contribution >= 4 is 5.91 Å². The summed E-state index contributed by atoms with van der Waals surface area (Å²) in [5, 5.41) is 6.11. The lowest BCUT2D eigenvalue weighted by molar-refractivity contribution is -0.120. The topological polar surface area (TPSA) is 41.1 Å². The quantitative estimate of drug-likeness (QED) is 0.802. The Morgan fingerprint density at radius 3 is 2.81 bits per heavy atom. The summed E-state index contributed by atoms with van der Waals surface area (Å²) in [6.45, 7) is 5.78. The fourth-order valence-electron chi connectivity index (χ4n) is 1.94. The molecule has 1 fully saturated rings. The Morgan fingerprint density at radius 2 is 2.19 bits per heavy atom. The Kier molecular flexibility index (Phi) is 3.25. The standard InChI is InChI=1S/C13H18N2O/c1-9-3-4-11(7-10(9)2)8-15-12-5-6-14-13(12)16/h3-4,7,12,15H,5-6,8H2,1-2H3,(H,14,16). The largest absolute Gasteiger partial charge is 0.355 e. The minimum Gasteiger partial charge on any atom is -0.355 e. The number of rotatable bonds is 3. The summed E-state index contributed by atoms with van der Waals surface area (Å²) in [5.41, 5.74) is 3.85. The molecule has 1 aliphatic heterocycles. The molecule has 2 N–H and O–H groups in total. The maximum Gasteiger partial charge on any atom is 0.237 e. The summed E-state index contributed by atoms with van der Waals surface area (Å²) in [6.07, 6.45) is 0.893. The summed E-state index contributed by atoms with van der Waals surface area (Å²) >= 11 is 0. The molecule has 1 unspecified atom stereocenters. The first-order valence-electron chi connectivity index (χ1n) is 5.74. The van der Waals surface area contributed by atoms with Crippen molar-refractivity contribution in [3.05, 3.63) is 34.9 Å². The van der Waals surface area contributed by atoms with Gasteiger partial charge in [0.1, 0.15) is 0 Å². The molecule has 1 aromatic rings.